The van der Waals surface area contributed by atoms with Crippen molar-refractivity contribution in [3.05, 3.63) is 0 Å². The normalized spacial score (nSPS) is 14.0. The van der Waals surface area contributed by atoms with Gasteiger partial charge in [0.1, 0.15) is 19.3 Å². The molecular weight excluding hydrogens is 1160 g/mol. The third-order valence-corrected chi connectivity index (χ3v) is 18.0. The zero-order valence-electron chi connectivity index (χ0n) is 56.7. The van der Waals surface area contributed by atoms with Gasteiger partial charge >= 0.3 is 39.5 Å². The second-order valence-corrected chi connectivity index (χ2v) is 27.8. The van der Waals surface area contributed by atoms with E-state index >= 15 is 0 Å². The molecule has 2 unspecified atom stereocenters. The van der Waals surface area contributed by atoms with Gasteiger partial charge in [0.2, 0.25) is 0 Å². The maximum atomic E-state index is 13.0. The predicted molar refractivity (Wildman–Crippen MR) is 354 cm³/mol. The molecule has 0 aliphatic heterocycles. The van der Waals surface area contributed by atoms with Gasteiger partial charge in [0, 0.05) is 25.7 Å². The molecule has 5 atom stereocenters. The molecule has 0 bridgehead atoms. The fourth-order valence-electron chi connectivity index (χ4n) is 10.5. The summed E-state index contributed by atoms with van der Waals surface area (Å²) in [6.45, 7) is 4.94. The average molecular weight is 1300 g/mol. The summed E-state index contributed by atoms with van der Waals surface area (Å²) in [4.78, 5) is 72.5. The fraction of sp³-hybridized carbons (Fsp3) is 0.942. The van der Waals surface area contributed by atoms with Gasteiger partial charge in [-0.05, 0) is 25.7 Å². The largest absolute Gasteiger partial charge is 0.472 e. The van der Waals surface area contributed by atoms with Crippen LogP contribution in [0, 0.1) is 0 Å². The Balaban J connectivity index is 5.24. The molecule has 0 aromatic heterocycles. The number of hydrogen-bond donors (Lipinski definition) is 3. The molecule has 0 aromatic rings. The first-order chi connectivity index (χ1) is 42.7. The first-order valence-electron chi connectivity index (χ1n) is 36.3. The molecule has 0 aliphatic rings. The number of aliphatic hydroxyl groups is 1. The summed E-state index contributed by atoms with van der Waals surface area (Å²) in [6, 6.07) is 0. The van der Waals surface area contributed by atoms with Crippen LogP contribution in [0.15, 0.2) is 0 Å². The topological polar surface area (TPSA) is 237 Å². The van der Waals surface area contributed by atoms with Crippen LogP contribution in [-0.4, -0.2) is 96.7 Å². The van der Waals surface area contributed by atoms with Crippen LogP contribution < -0.4 is 0 Å². The molecule has 522 valence electrons. The van der Waals surface area contributed by atoms with Crippen LogP contribution in [-0.2, 0) is 65.4 Å². The number of carbonyl (C=O) groups excluding carboxylic acids is 4. The molecule has 88 heavy (non-hydrogen) atoms. The number of carbonyl (C=O) groups is 4. The van der Waals surface area contributed by atoms with Crippen molar-refractivity contribution in [2.45, 2.75) is 380 Å². The standard InChI is InChI=1S/C69H134O17P2/c1-5-9-13-17-21-25-29-32-35-38-42-46-50-54-67(72)80-60-65(86-69(74)56-52-48-44-40-36-33-30-26-22-18-14-10-6-2)62-84-88(77,78)82-58-63(70)57-81-87(75,76)83-61-64(59-79-66(71)53-49-45-41-37-28-24-20-16-12-8-4)85-68(73)55-51-47-43-39-34-31-27-23-19-15-11-7-3/h63-65,70H,5-62H2,1-4H3,(H,75,76)(H,77,78)/t63-,64+,65+/m0/s1. The maximum Gasteiger partial charge on any atom is 0.472 e. The highest BCUT2D eigenvalue weighted by Gasteiger charge is 2.30. The molecule has 3 N–H and O–H groups in total. The Morgan fingerprint density at radius 2 is 0.455 bits per heavy atom. The summed E-state index contributed by atoms with van der Waals surface area (Å²) < 4.78 is 68.2. The van der Waals surface area contributed by atoms with E-state index < -0.39 is 97.5 Å². The average Bonchev–Trinajstić information content (AvgIpc) is 3.71. The van der Waals surface area contributed by atoms with Gasteiger partial charge in [-0.2, -0.15) is 0 Å². The molecule has 0 fully saturated rings. The highest BCUT2D eigenvalue weighted by molar-refractivity contribution is 7.47. The minimum Gasteiger partial charge on any atom is -0.462 e. The van der Waals surface area contributed by atoms with Crippen LogP contribution >= 0.6 is 15.6 Å². The third kappa shape index (κ3) is 62.8. The van der Waals surface area contributed by atoms with Crippen molar-refractivity contribution in [2.24, 2.45) is 0 Å². The number of phosphoric acid groups is 2. The SMILES string of the molecule is CCCCCCCCCCCCCCCC(=O)OC[C@H](COP(=O)(O)OC[C@@H](O)COP(=O)(O)OC[C@@H](COC(=O)CCCCCCCCCCCC)OC(=O)CCCCCCCCCCCCCC)OC(=O)CCCCCCCCCCCCCCC. The summed E-state index contributed by atoms with van der Waals surface area (Å²) in [5, 5.41) is 10.6. The Bertz CT molecular complexity index is 1690. The summed E-state index contributed by atoms with van der Waals surface area (Å²) >= 11 is 0. The van der Waals surface area contributed by atoms with E-state index in [0.717, 1.165) is 89.9 Å². The Labute approximate surface area is 537 Å². The van der Waals surface area contributed by atoms with Gasteiger partial charge in [0.15, 0.2) is 12.2 Å². The van der Waals surface area contributed by atoms with Crippen molar-refractivity contribution >= 4 is 39.5 Å². The molecule has 0 radical (unpaired) electrons. The van der Waals surface area contributed by atoms with Gasteiger partial charge in [-0.15, -0.1) is 0 Å². The van der Waals surface area contributed by atoms with E-state index in [-0.39, 0.29) is 25.7 Å². The van der Waals surface area contributed by atoms with Crippen LogP contribution in [0.4, 0.5) is 0 Å². The highest BCUT2D eigenvalue weighted by Crippen LogP contribution is 2.45. The lowest BCUT2D eigenvalue weighted by atomic mass is 10.0. The number of phosphoric ester groups is 2. The summed E-state index contributed by atoms with van der Waals surface area (Å²) in [5.74, 6) is -2.12. The Hall–Kier alpha value is -1.94. The van der Waals surface area contributed by atoms with Crippen LogP contribution in [0.25, 0.3) is 0 Å². The maximum absolute atomic E-state index is 13.0. The van der Waals surface area contributed by atoms with Crippen LogP contribution in [0.3, 0.4) is 0 Å². The van der Waals surface area contributed by atoms with Crippen molar-refractivity contribution in [1.82, 2.24) is 0 Å². The molecule has 0 saturated carbocycles. The minimum atomic E-state index is -4.95. The van der Waals surface area contributed by atoms with Gasteiger partial charge in [0.05, 0.1) is 26.4 Å². The van der Waals surface area contributed by atoms with Gasteiger partial charge < -0.3 is 33.8 Å². The zero-order chi connectivity index (χ0) is 64.7. The minimum absolute atomic E-state index is 0.108. The molecule has 19 heteroatoms. The van der Waals surface area contributed by atoms with Gasteiger partial charge in [-0.1, -0.05) is 310 Å². The van der Waals surface area contributed by atoms with E-state index in [1.54, 1.807) is 0 Å². The van der Waals surface area contributed by atoms with Crippen LogP contribution in [0.2, 0.25) is 0 Å². The monoisotopic (exact) mass is 1300 g/mol. The van der Waals surface area contributed by atoms with Crippen molar-refractivity contribution in [3.63, 3.8) is 0 Å². The van der Waals surface area contributed by atoms with Crippen LogP contribution in [0.1, 0.15) is 362 Å². The van der Waals surface area contributed by atoms with E-state index in [4.69, 9.17) is 37.0 Å². The molecule has 17 nitrogen and oxygen atoms in total. The van der Waals surface area contributed by atoms with E-state index in [0.29, 0.717) is 25.7 Å². The molecule has 0 rings (SSSR count). The van der Waals surface area contributed by atoms with Gasteiger partial charge in [-0.3, -0.25) is 37.3 Å². The van der Waals surface area contributed by atoms with E-state index in [2.05, 4.69) is 27.7 Å². The van der Waals surface area contributed by atoms with Crippen molar-refractivity contribution in [1.29, 1.82) is 0 Å². The number of ether oxygens (including phenoxy) is 4. The lowest BCUT2D eigenvalue weighted by molar-refractivity contribution is -0.161. The van der Waals surface area contributed by atoms with Crippen molar-refractivity contribution in [3.8, 4) is 0 Å². The van der Waals surface area contributed by atoms with Crippen LogP contribution in [0.5, 0.6) is 0 Å². The number of unbranched alkanes of at least 4 members (excludes halogenated alkanes) is 44. The number of hydrogen-bond acceptors (Lipinski definition) is 15. The Morgan fingerprint density at radius 3 is 0.670 bits per heavy atom. The fourth-order valence-corrected chi connectivity index (χ4v) is 12.1. The molecule has 0 amide bonds. The smallest absolute Gasteiger partial charge is 0.462 e. The summed E-state index contributed by atoms with van der Waals surface area (Å²) in [5.41, 5.74) is 0. The second kappa shape index (κ2) is 63.8. The number of esters is 4. The third-order valence-electron chi connectivity index (χ3n) is 16.1. The predicted octanol–water partition coefficient (Wildman–Crippen LogP) is 19.9. The molecule has 0 spiro atoms. The lowest BCUT2D eigenvalue weighted by Gasteiger charge is -2.21. The molecule has 0 aliphatic carbocycles. The van der Waals surface area contributed by atoms with Crippen molar-refractivity contribution in [2.75, 3.05) is 39.6 Å². The number of rotatable bonds is 70. The molecule has 0 saturated heterocycles. The number of aliphatic hydroxyl groups excluding tert-OH is 1. The molecular formula is C69H134O17P2. The van der Waals surface area contributed by atoms with Gasteiger partial charge in [-0.25, -0.2) is 9.13 Å². The van der Waals surface area contributed by atoms with E-state index in [1.165, 1.54) is 193 Å². The van der Waals surface area contributed by atoms with E-state index in [1.807, 2.05) is 0 Å². The lowest BCUT2D eigenvalue weighted by Crippen LogP contribution is -2.30. The Kier molecular flexibility index (Phi) is 62.4. The quantitative estimate of drug-likeness (QED) is 0.0222. The molecule has 0 aromatic carbocycles. The zero-order valence-corrected chi connectivity index (χ0v) is 58.5. The summed E-state index contributed by atoms with van der Waals surface area (Å²) in [6.07, 6.45) is 51.1. The summed E-state index contributed by atoms with van der Waals surface area (Å²) in [7, 11) is -9.89. The highest BCUT2D eigenvalue weighted by atomic mass is 31.2. The Morgan fingerprint density at radius 1 is 0.273 bits per heavy atom. The van der Waals surface area contributed by atoms with E-state index in [9.17, 15) is 43.2 Å². The van der Waals surface area contributed by atoms with Crippen molar-refractivity contribution < 1.29 is 80.2 Å². The van der Waals surface area contributed by atoms with Gasteiger partial charge in [0.25, 0.3) is 0 Å². The molecule has 0 heterocycles. The second-order valence-electron chi connectivity index (χ2n) is 24.9. The first-order valence-corrected chi connectivity index (χ1v) is 39.3. The first kappa shape index (κ1) is 86.1.